The van der Waals surface area contributed by atoms with E-state index in [-0.39, 0.29) is 17.3 Å². The number of sulfonamides is 1. The summed E-state index contributed by atoms with van der Waals surface area (Å²) in [5.74, 6) is -0.848. The highest BCUT2D eigenvalue weighted by Crippen LogP contribution is 2.30. The van der Waals surface area contributed by atoms with Gasteiger partial charge in [-0.25, -0.2) is 8.42 Å². The number of benzene rings is 3. The van der Waals surface area contributed by atoms with E-state index in [0.717, 1.165) is 14.3 Å². The zero-order valence-electron chi connectivity index (χ0n) is 17.2. The molecule has 0 aliphatic carbocycles. The van der Waals surface area contributed by atoms with Crippen molar-refractivity contribution in [3.63, 3.8) is 0 Å². The van der Waals surface area contributed by atoms with Gasteiger partial charge in [-0.05, 0) is 55.5 Å². The molecule has 0 spiro atoms. The summed E-state index contributed by atoms with van der Waals surface area (Å²) in [6.07, 6.45) is 0. The van der Waals surface area contributed by atoms with E-state index in [4.69, 9.17) is 0 Å². The molecule has 1 aliphatic rings. The van der Waals surface area contributed by atoms with Gasteiger partial charge >= 0.3 is 0 Å². The third kappa shape index (κ3) is 4.39. The number of aryl methyl sites for hydroxylation is 1. The Kier molecular flexibility index (Phi) is 6.03. The first-order valence-corrected chi connectivity index (χ1v) is 12.0. The number of nitrogens with one attached hydrogen (secondary N) is 1. The summed E-state index contributed by atoms with van der Waals surface area (Å²) in [6.45, 7) is 1.22. The number of anilines is 3. The van der Waals surface area contributed by atoms with Gasteiger partial charge in [0.25, 0.3) is 10.0 Å². The summed E-state index contributed by atoms with van der Waals surface area (Å²) < 4.78 is 28.9. The van der Waals surface area contributed by atoms with E-state index in [1.165, 1.54) is 17.0 Å². The van der Waals surface area contributed by atoms with Crippen molar-refractivity contribution in [1.82, 2.24) is 0 Å². The van der Waals surface area contributed by atoms with Gasteiger partial charge in [0.2, 0.25) is 11.8 Å². The molecular weight excluding hydrogens is 494 g/mol. The van der Waals surface area contributed by atoms with E-state index >= 15 is 0 Å². The number of nitrogens with zero attached hydrogens (tertiary/aromatic N) is 2. The first-order valence-electron chi connectivity index (χ1n) is 9.80. The quantitative estimate of drug-likeness (QED) is 0.559. The summed E-state index contributed by atoms with van der Waals surface area (Å²) in [6, 6.07) is 20.0. The van der Waals surface area contributed by atoms with Gasteiger partial charge in [-0.3, -0.25) is 18.8 Å². The normalized spacial score (nSPS) is 13.3. The molecule has 3 aromatic rings. The number of hydrogen-bond acceptors (Lipinski definition) is 4. The zero-order chi connectivity index (χ0) is 22.9. The molecule has 7 nitrogen and oxygen atoms in total. The first-order chi connectivity index (χ1) is 15.3. The molecule has 1 heterocycles. The fraction of sp³-hybridized carbons (Fsp3) is 0.130. The summed E-state index contributed by atoms with van der Waals surface area (Å²) in [4.78, 5) is 26.9. The van der Waals surface area contributed by atoms with Gasteiger partial charge < -0.3 is 5.32 Å². The van der Waals surface area contributed by atoms with Gasteiger partial charge in [0.1, 0.15) is 13.1 Å². The summed E-state index contributed by atoms with van der Waals surface area (Å²) >= 11 is 3.35. The fourth-order valence-electron chi connectivity index (χ4n) is 3.42. The van der Waals surface area contributed by atoms with Crippen molar-refractivity contribution in [1.29, 1.82) is 0 Å². The Morgan fingerprint density at radius 2 is 1.69 bits per heavy atom. The van der Waals surface area contributed by atoms with Crippen LogP contribution in [0.4, 0.5) is 17.1 Å². The number of hydrogen-bond donors (Lipinski definition) is 1. The summed E-state index contributed by atoms with van der Waals surface area (Å²) in [5.41, 5.74) is 2.30. The standard InChI is InChI=1S/C23H20BrN3O4S/c1-16-6-12-19(13-7-16)32(30,31)27(18-10-8-17(24)9-11-18)15-23(29)26-14-22(28)25-20-4-2-3-5-21(20)26/h2-13H,14-15H2,1H3,(H,25,28). The highest BCUT2D eigenvalue weighted by molar-refractivity contribution is 9.10. The summed E-state index contributed by atoms with van der Waals surface area (Å²) in [7, 11) is -4.04. The van der Waals surface area contributed by atoms with Crippen LogP contribution in [-0.2, 0) is 19.6 Å². The predicted molar refractivity (Wildman–Crippen MR) is 127 cm³/mol. The zero-order valence-corrected chi connectivity index (χ0v) is 19.6. The van der Waals surface area contributed by atoms with E-state index in [1.54, 1.807) is 60.7 Å². The van der Waals surface area contributed by atoms with E-state index in [1.807, 2.05) is 6.92 Å². The second-order valence-electron chi connectivity index (χ2n) is 7.35. The van der Waals surface area contributed by atoms with Gasteiger partial charge in [0.15, 0.2) is 0 Å². The van der Waals surface area contributed by atoms with Crippen molar-refractivity contribution in [2.24, 2.45) is 0 Å². The largest absolute Gasteiger partial charge is 0.323 e. The van der Waals surface area contributed by atoms with Crippen LogP contribution in [0.25, 0.3) is 0 Å². The molecule has 0 unspecified atom stereocenters. The molecule has 0 radical (unpaired) electrons. The number of fused-ring (bicyclic) bond motifs is 1. The Labute approximate surface area is 194 Å². The Morgan fingerprint density at radius 1 is 1.03 bits per heavy atom. The van der Waals surface area contributed by atoms with Crippen LogP contribution in [0.2, 0.25) is 0 Å². The van der Waals surface area contributed by atoms with Crippen molar-refractivity contribution in [2.45, 2.75) is 11.8 Å². The maximum Gasteiger partial charge on any atom is 0.264 e. The minimum Gasteiger partial charge on any atom is -0.323 e. The number of halogens is 1. The molecule has 0 bridgehead atoms. The molecule has 0 saturated heterocycles. The molecule has 1 aliphatic heterocycles. The summed E-state index contributed by atoms with van der Waals surface area (Å²) in [5, 5.41) is 2.73. The van der Waals surface area contributed by atoms with Crippen LogP contribution < -0.4 is 14.5 Å². The van der Waals surface area contributed by atoms with Gasteiger partial charge in [-0.2, -0.15) is 0 Å². The van der Waals surface area contributed by atoms with Crippen molar-refractivity contribution >= 4 is 54.8 Å². The molecule has 0 atom stereocenters. The van der Waals surface area contributed by atoms with Gasteiger partial charge in [0.05, 0.1) is 22.0 Å². The molecule has 1 N–H and O–H groups in total. The highest BCUT2D eigenvalue weighted by atomic mass is 79.9. The SMILES string of the molecule is Cc1ccc(S(=O)(=O)N(CC(=O)N2CC(=O)Nc3ccccc32)c2ccc(Br)cc2)cc1. The maximum absolute atomic E-state index is 13.5. The van der Waals surface area contributed by atoms with Crippen LogP contribution in [0.15, 0.2) is 82.2 Å². The second kappa shape index (κ2) is 8.76. The lowest BCUT2D eigenvalue weighted by atomic mass is 10.2. The third-order valence-electron chi connectivity index (χ3n) is 5.07. The van der Waals surface area contributed by atoms with Gasteiger partial charge in [-0.1, -0.05) is 45.8 Å². The molecular formula is C23H20BrN3O4S. The topological polar surface area (TPSA) is 86.8 Å². The van der Waals surface area contributed by atoms with Crippen LogP contribution in [-0.4, -0.2) is 33.3 Å². The fourth-order valence-corrected chi connectivity index (χ4v) is 5.10. The minimum atomic E-state index is -4.04. The Balaban J connectivity index is 1.73. The average Bonchev–Trinajstić information content (AvgIpc) is 2.77. The number of para-hydroxylation sites is 2. The van der Waals surface area contributed by atoms with Crippen LogP contribution >= 0.6 is 15.9 Å². The Morgan fingerprint density at radius 3 is 2.38 bits per heavy atom. The lowest BCUT2D eigenvalue weighted by Crippen LogP contribution is -2.48. The minimum absolute atomic E-state index is 0.0793. The van der Waals surface area contributed by atoms with Gasteiger partial charge in [0, 0.05) is 4.47 Å². The average molecular weight is 514 g/mol. The predicted octanol–water partition coefficient (Wildman–Crippen LogP) is 3.94. The van der Waals surface area contributed by atoms with Crippen molar-refractivity contribution in [3.8, 4) is 0 Å². The molecule has 164 valence electrons. The number of carbonyl (C=O) groups is 2. The molecule has 32 heavy (non-hydrogen) atoms. The molecule has 2 amide bonds. The van der Waals surface area contributed by atoms with Crippen LogP contribution in [0.5, 0.6) is 0 Å². The molecule has 0 aromatic heterocycles. The van der Waals surface area contributed by atoms with E-state index < -0.39 is 22.5 Å². The maximum atomic E-state index is 13.5. The smallest absolute Gasteiger partial charge is 0.264 e. The monoisotopic (exact) mass is 513 g/mol. The highest BCUT2D eigenvalue weighted by Gasteiger charge is 2.32. The van der Waals surface area contributed by atoms with Gasteiger partial charge in [-0.15, -0.1) is 0 Å². The van der Waals surface area contributed by atoms with Crippen LogP contribution in [0.3, 0.4) is 0 Å². The number of carbonyl (C=O) groups excluding carboxylic acids is 2. The van der Waals surface area contributed by atoms with E-state index in [2.05, 4.69) is 21.2 Å². The molecule has 4 rings (SSSR count). The van der Waals surface area contributed by atoms with Crippen LogP contribution in [0, 0.1) is 6.92 Å². The second-order valence-corrected chi connectivity index (χ2v) is 10.1. The van der Waals surface area contributed by atoms with Crippen molar-refractivity contribution in [3.05, 3.63) is 82.8 Å². The number of amides is 2. The Hall–Kier alpha value is -3.17. The first kappa shape index (κ1) is 22.0. The van der Waals surface area contributed by atoms with E-state index in [9.17, 15) is 18.0 Å². The van der Waals surface area contributed by atoms with Crippen molar-refractivity contribution in [2.75, 3.05) is 27.6 Å². The third-order valence-corrected chi connectivity index (χ3v) is 7.39. The van der Waals surface area contributed by atoms with Crippen LogP contribution in [0.1, 0.15) is 5.56 Å². The molecule has 0 saturated carbocycles. The lowest BCUT2D eigenvalue weighted by Gasteiger charge is -2.32. The molecule has 9 heteroatoms. The number of rotatable bonds is 5. The van der Waals surface area contributed by atoms with E-state index in [0.29, 0.717) is 17.1 Å². The molecule has 3 aromatic carbocycles. The molecule has 0 fully saturated rings. The van der Waals surface area contributed by atoms with Crippen molar-refractivity contribution < 1.29 is 18.0 Å². The lowest BCUT2D eigenvalue weighted by molar-refractivity contribution is -0.121. The Bertz CT molecular complexity index is 1280.